The summed E-state index contributed by atoms with van der Waals surface area (Å²) in [7, 11) is -3.26. The molecule has 7 heteroatoms. The molecule has 2 rings (SSSR count). The molecule has 1 aromatic carbocycles. The van der Waals surface area contributed by atoms with E-state index in [2.05, 4.69) is 4.98 Å². The molecule has 23 heavy (non-hydrogen) atoms. The Hall–Kier alpha value is -1.63. The Morgan fingerprint density at radius 1 is 1.26 bits per heavy atom. The van der Waals surface area contributed by atoms with Crippen molar-refractivity contribution in [3.63, 3.8) is 0 Å². The largest absolute Gasteiger partial charge is 0.474 e. The number of aromatic nitrogens is 1. The molecule has 1 heterocycles. The SMILES string of the molecule is CC(C)(O)COc1ncc(Cl)cc1-c1ccc(S(C)(=O)=O)cc1. The molecule has 0 saturated heterocycles. The predicted molar refractivity (Wildman–Crippen MR) is 89.6 cm³/mol. The number of hydrogen-bond acceptors (Lipinski definition) is 5. The molecule has 0 radical (unpaired) electrons. The third kappa shape index (κ3) is 4.92. The quantitative estimate of drug-likeness (QED) is 0.892. The lowest BCUT2D eigenvalue weighted by Gasteiger charge is -2.19. The fourth-order valence-corrected chi connectivity index (χ4v) is 2.66. The van der Waals surface area contributed by atoms with Gasteiger partial charge in [0.1, 0.15) is 6.61 Å². The van der Waals surface area contributed by atoms with Gasteiger partial charge in [-0.1, -0.05) is 23.7 Å². The average molecular weight is 356 g/mol. The first-order valence-electron chi connectivity index (χ1n) is 6.87. The van der Waals surface area contributed by atoms with E-state index >= 15 is 0 Å². The summed E-state index contributed by atoms with van der Waals surface area (Å²) in [4.78, 5) is 4.38. The molecule has 124 valence electrons. The van der Waals surface area contributed by atoms with Gasteiger partial charge in [-0.15, -0.1) is 0 Å². The van der Waals surface area contributed by atoms with Crippen molar-refractivity contribution in [3.8, 4) is 17.0 Å². The molecule has 0 aliphatic heterocycles. The van der Waals surface area contributed by atoms with E-state index in [1.807, 2.05) is 0 Å². The van der Waals surface area contributed by atoms with E-state index in [1.165, 1.54) is 18.3 Å². The normalized spacial score (nSPS) is 12.2. The van der Waals surface area contributed by atoms with Gasteiger partial charge in [0.25, 0.3) is 0 Å². The fraction of sp³-hybridized carbons (Fsp3) is 0.312. The van der Waals surface area contributed by atoms with Crippen molar-refractivity contribution in [2.45, 2.75) is 24.3 Å². The molecule has 0 aliphatic carbocycles. The minimum atomic E-state index is -3.26. The first-order valence-corrected chi connectivity index (χ1v) is 9.14. The third-order valence-corrected chi connectivity index (χ3v) is 4.31. The van der Waals surface area contributed by atoms with E-state index < -0.39 is 15.4 Å². The fourth-order valence-electron chi connectivity index (χ4n) is 1.88. The monoisotopic (exact) mass is 355 g/mol. The van der Waals surface area contributed by atoms with Crippen LogP contribution in [-0.2, 0) is 9.84 Å². The maximum atomic E-state index is 11.5. The predicted octanol–water partition coefficient (Wildman–Crippen LogP) is 2.96. The van der Waals surface area contributed by atoms with Crippen LogP contribution in [0.15, 0.2) is 41.4 Å². The van der Waals surface area contributed by atoms with Crippen LogP contribution in [0.4, 0.5) is 0 Å². The maximum Gasteiger partial charge on any atom is 0.221 e. The number of aliphatic hydroxyl groups is 1. The number of ether oxygens (including phenoxy) is 1. The Bertz CT molecular complexity index is 796. The minimum Gasteiger partial charge on any atom is -0.474 e. The summed E-state index contributed by atoms with van der Waals surface area (Å²) in [6.07, 6.45) is 2.61. The first kappa shape index (κ1) is 17.7. The third-order valence-electron chi connectivity index (χ3n) is 2.97. The molecular formula is C16H18ClNO4S. The second kappa shape index (κ2) is 6.47. The number of nitrogens with zero attached hydrogens (tertiary/aromatic N) is 1. The summed E-state index contributed by atoms with van der Waals surface area (Å²) in [5, 5.41) is 10.2. The van der Waals surface area contributed by atoms with Crippen molar-refractivity contribution >= 4 is 21.4 Å². The van der Waals surface area contributed by atoms with Gasteiger partial charge >= 0.3 is 0 Å². The molecule has 0 bridgehead atoms. The molecule has 2 aromatic rings. The summed E-state index contributed by atoms with van der Waals surface area (Å²) < 4.78 is 28.6. The zero-order chi connectivity index (χ0) is 17.3. The highest BCUT2D eigenvalue weighted by atomic mass is 35.5. The highest BCUT2D eigenvalue weighted by molar-refractivity contribution is 7.90. The van der Waals surface area contributed by atoms with Crippen LogP contribution in [-0.4, -0.2) is 37.0 Å². The van der Waals surface area contributed by atoms with Crippen LogP contribution in [0.1, 0.15) is 13.8 Å². The number of hydrogen-bond donors (Lipinski definition) is 1. The second-order valence-electron chi connectivity index (χ2n) is 5.90. The topological polar surface area (TPSA) is 76.5 Å². The molecule has 0 fully saturated rings. The molecule has 1 N–H and O–H groups in total. The van der Waals surface area contributed by atoms with Gasteiger partial charge < -0.3 is 9.84 Å². The van der Waals surface area contributed by atoms with Gasteiger partial charge in [-0.2, -0.15) is 0 Å². The van der Waals surface area contributed by atoms with E-state index in [9.17, 15) is 13.5 Å². The van der Waals surface area contributed by atoms with Crippen molar-refractivity contribution in [2.75, 3.05) is 12.9 Å². The smallest absolute Gasteiger partial charge is 0.221 e. The van der Waals surface area contributed by atoms with Crippen LogP contribution in [0, 0.1) is 0 Å². The second-order valence-corrected chi connectivity index (χ2v) is 8.36. The van der Waals surface area contributed by atoms with Gasteiger partial charge in [-0.05, 0) is 37.6 Å². The summed E-state index contributed by atoms with van der Waals surface area (Å²) in [6, 6.07) is 8.06. The van der Waals surface area contributed by atoms with Gasteiger partial charge in [-0.25, -0.2) is 13.4 Å². The average Bonchev–Trinajstić information content (AvgIpc) is 2.44. The van der Waals surface area contributed by atoms with E-state index in [0.717, 1.165) is 11.8 Å². The Labute approximate surface area is 140 Å². The minimum absolute atomic E-state index is 0.0655. The molecule has 0 atom stereocenters. The zero-order valence-electron chi connectivity index (χ0n) is 13.1. The van der Waals surface area contributed by atoms with Gasteiger partial charge in [0, 0.05) is 18.0 Å². The van der Waals surface area contributed by atoms with E-state index in [-0.39, 0.29) is 11.5 Å². The van der Waals surface area contributed by atoms with Crippen molar-refractivity contribution in [3.05, 3.63) is 41.6 Å². The Balaban J connectivity index is 2.40. The molecule has 5 nitrogen and oxygen atoms in total. The van der Waals surface area contributed by atoms with Gasteiger partial charge in [-0.3, -0.25) is 0 Å². The standard InChI is InChI=1S/C16H18ClNO4S/c1-16(2,19)10-22-15-14(8-12(17)9-18-15)11-4-6-13(7-5-11)23(3,20)21/h4-9,19H,10H2,1-3H3. The lowest BCUT2D eigenvalue weighted by Crippen LogP contribution is -2.28. The molecular weight excluding hydrogens is 338 g/mol. The zero-order valence-corrected chi connectivity index (χ0v) is 14.6. The van der Waals surface area contributed by atoms with E-state index in [0.29, 0.717) is 16.5 Å². The molecule has 0 unspecified atom stereocenters. The molecule has 0 spiro atoms. The van der Waals surface area contributed by atoms with Gasteiger partial charge in [0.05, 0.1) is 15.5 Å². The van der Waals surface area contributed by atoms with Gasteiger partial charge in [0.2, 0.25) is 5.88 Å². The summed E-state index contributed by atoms with van der Waals surface area (Å²) in [5.74, 6) is 0.323. The van der Waals surface area contributed by atoms with Crippen molar-refractivity contribution < 1.29 is 18.3 Å². The number of sulfone groups is 1. The Morgan fingerprint density at radius 2 is 1.87 bits per heavy atom. The molecule has 1 aromatic heterocycles. The Kier molecular flexibility index (Phi) is 4.98. The molecule has 0 amide bonds. The lowest BCUT2D eigenvalue weighted by atomic mass is 10.1. The number of rotatable bonds is 5. The molecule has 0 saturated carbocycles. The maximum absolute atomic E-state index is 11.5. The van der Waals surface area contributed by atoms with E-state index in [1.54, 1.807) is 32.0 Å². The van der Waals surface area contributed by atoms with Crippen LogP contribution in [0.3, 0.4) is 0 Å². The number of benzene rings is 1. The van der Waals surface area contributed by atoms with Crippen LogP contribution in [0.25, 0.3) is 11.1 Å². The Morgan fingerprint density at radius 3 is 2.39 bits per heavy atom. The van der Waals surface area contributed by atoms with E-state index in [4.69, 9.17) is 16.3 Å². The van der Waals surface area contributed by atoms with Crippen LogP contribution >= 0.6 is 11.6 Å². The number of halogens is 1. The van der Waals surface area contributed by atoms with Gasteiger partial charge in [0.15, 0.2) is 9.84 Å². The summed E-state index contributed by atoms with van der Waals surface area (Å²) >= 11 is 6.00. The van der Waals surface area contributed by atoms with Crippen molar-refractivity contribution in [2.24, 2.45) is 0 Å². The van der Waals surface area contributed by atoms with Crippen LogP contribution in [0.5, 0.6) is 5.88 Å². The van der Waals surface area contributed by atoms with Crippen molar-refractivity contribution in [1.29, 1.82) is 0 Å². The summed E-state index contributed by atoms with van der Waals surface area (Å²) in [5.41, 5.74) is 0.346. The van der Waals surface area contributed by atoms with Crippen LogP contribution < -0.4 is 4.74 Å². The van der Waals surface area contributed by atoms with Crippen molar-refractivity contribution in [1.82, 2.24) is 4.98 Å². The summed E-state index contributed by atoms with van der Waals surface area (Å²) in [6.45, 7) is 3.32. The highest BCUT2D eigenvalue weighted by Gasteiger charge is 2.17. The first-order chi connectivity index (χ1) is 10.6. The number of pyridine rings is 1. The lowest BCUT2D eigenvalue weighted by molar-refractivity contribution is 0.0271. The molecule has 0 aliphatic rings. The highest BCUT2D eigenvalue weighted by Crippen LogP contribution is 2.31. The van der Waals surface area contributed by atoms with Crippen LogP contribution in [0.2, 0.25) is 5.02 Å².